The van der Waals surface area contributed by atoms with Crippen molar-refractivity contribution in [1.29, 1.82) is 0 Å². The zero-order valence-electron chi connectivity index (χ0n) is 13.1. The summed E-state index contributed by atoms with van der Waals surface area (Å²) < 4.78 is 20.3. The van der Waals surface area contributed by atoms with Crippen LogP contribution in [0, 0.1) is 5.82 Å². The summed E-state index contributed by atoms with van der Waals surface area (Å²) in [4.78, 5) is 13.9. The number of amides is 1. The summed E-state index contributed by atoms with van der Waals surface area (Å²) in [5, 5.41) is 17.3. The Labute approximate surface area is 138 Å². The Morgan fingerprint density at radius 2 is 2.08 bits per heavy atom. The van der Waals surface area contributed by atoms with Gasteiger partial charge in [-0.05, 0) is 25.0 Å². The van der Waals surface area contributed by atoms with E-state index in [2.05, 4.69) is 10.3 Å². The number of nitrogens with zero attached hydrogens (tertiary/aromatic N) is 4. The lowest BCUT2D eigenvalue weighted by Crippen LogP contribution is -2.41. The lowest BCUT2D eigenvalue weighted by molar-refractivity contribution is -0.134. The van der Waals surface area contributed by atoms with E-state index in [9.17, 15) is 14.3 Å². The third-order valence-electron chi connectivity index (χ3n) is 3.91. The van der Waals surface area contributed by atoms with Crippen LogP contribution in [0.15, 0.2) is 30.5 Å². The number of carbonyl (C=O) groups excluding carboxylic acids is 1. The molecule has 0 unspecified atom stereocenters. The zero-order chi connectivity index (χ0) is 16.9. The highest BCUT2D eigenvalue weighted by Crippen LogP contribution is 2.16. The molecule has 8 heteroatoms. The lowest BCUT2D eigenvalue weighted by atomic mass is 10.1. The molecule has 0 spiro atoms. The number of rotatable bonds is 5. The van der Waals surface area contributed by atoms with Crippen molar-refractivity contribution in [3.05, 3.63) is 42.0 Å². The molecule has 2 heterocycles. The fourth-order valence-electron chi connectivity index (χ4n) is 2.55. The number of halogens is 1. The first-order valence-electron chi connectivity index (χ1n) is 7.84. The molecule has 2 aromatic rings. The molecule has 7 nitrogen and oxygen atoms in total. The highest BCUT2D eigenvalue weighted by Gasteiger charge is 2.21. The van der Waals surface area contributed by atoms with Gasteiger partial charge < -0.3 is 14.7 Å². The third kappa shape index (κ3) is 4.08. The standard InChI is InChI=1S/C16H19FN4O3/c17-14-3-1-2-4-15(14)24-11-12-9-21(19-18-12)10-16(23)20-7-5-13(22)6-8-20/h1-4,9,13,22H,5-8,10-11H2. The predicted molar refractivity (Wildman–Crippen MR) is 82.6 cm³/mol. The maximum absolute atomic E-state index is 13.5. The molecule has 128 valence electrons. The quantitative estimate of drug-likeness (QED) is 0.882. The van der Waals surface area contributed by atoms with Gasteiger partial charge in [-0.1, -0.05) is 17.3 Å². The van der Waals surface area contributed by atoms with Crippen LogP contribution in [-0.4, -0.2) is 50.1 Å². The van der Waals surface area contributed by atoms with E-state index in [-0.39, 0.29) is 30.9 Å². The topological polar surface area (TPSA) is 80.5 Å². The Balaban J connectivity index is 1.52. The summed E-state index contributed by atoms with van der Waals surface area (Å²) in [7, 11) is 0. The van der Waals surface area contributed by atoms with Gasteiger partial charge in [0.25, 0.3) is 0 Å². The van der Waals surface area contributed by atoms with E-state index in [4.69, 9.17) is 4.74 Å². The molecule has 0 atom stereocenters. The smallest absolute Gasteiger partial charge is 0.244 e. The van der Waals surface area contributed by atoms with E-state index >= 15 is 0 Å². The number of para-hydroxylation sites is 1. The lowest BCUT2D eigenvalue weighted by Gasteiger charge is -2.29. The Bertz CT molecular complexity index is 698. The minimum Gasteiger partial charge on any atom is -0.484 e. The van der Waals surface area contributed by atoms with E-state index in [1.807, 2.05) is 0 Å². The molecular formula is C16H19FN4O3. The largest absolute Gasteiger partial charge is 0.484 e. The minimum atomic E-state index is -0.438. The fraction of sp³-hybridized carbons (Fsp3) is 0.438. The average molecular weight is 334 g/mol. The number of aromatic nitrogens is 3. The number of hydrogen-bond donors (Lipinski definition) is 1. The van der Waals surface area contributed by atoms with Crippen LogP contribution in [0.2, 0.25) is 0 Å². The number of carbonyl (C=O) groups is 1. The van der Waals surface area contributed by atoms with Crippen LogP contribution in [0.4, 0.5) is 4.39 Å². The fourth-order valence-corrected chi connectivity index (χ4v) is 2.55. The highest BCUT2D eigenvalue weighted by molar-refractivity contribution is 5.75. The van der Waals surface area contributed by atoms with Crippen LogP contribution in [0.25, 0.3) is 0 Å². The molecule has 1 aromatic heterocycles. The van der Waals surface area contributed by atoms with E-state index in [0.29, 0.717) is 31.6 Å². The molecule has 1 saturated heterocycles. The number of ether oxygens (including phenoxy) is 1. The van der Waals surface area contributed by atoms with Crippen molar-refractivity contribution in [2.24, 2.45) is 0 Å². The first kappa shape index (κ1) is 16.4. The van der Waals surface area contributed by atoms with E-state index in [1.54, 1.807) is 23.2 Å². The summed E-state index contributed by atoms with van der Waals surface area (Å²) >= 11 is 0. The molecule has 1 aliphatic heterocycles. The molecule has 0 radical (unpaired) electrons. The molecule has 1 aromatic carbocycles. The highest BCUT2D eigenvalue weighted by atomic mass is 19.1. The van der Waals surface area contributed by atoms with E-state index < -0.39 is 5.82 Å². The third-order valence-corrected chi connectivity index (χ3v) is 3.91. The Kier molecular flexibility index (Phi) is 5.05. The second kappa shape index (κ2) is 7.39. The summed E-state index contributed by atoms with van der Waals surface area (Å²) in [6, 6.07) is 6.13. The number of benzene rings is 1. The number of aliphatic hydroxyl groups excluding tert-OH is 1. The summed E-state index contributed by atoms with van der Waals surface area (Å²) in [5.74, 6) is -0.351. The first-order chi connectivity index (χ1) is 11.6. The summed E-state index contributed by atoms with van der Waals surface area (Å²) in [6.07, 6.45) is 2.50. The zero-order valence-corrected chi connectivity index (χ0v) is 13.1. The number of hydrogen-bond acceptors (Lipinski definition) is 5. The Morgan fingerprint density at radius 1 is 1.33 bits per heavy atom. The van der Waals surface area contributed by atoms with Crippen LogP contribution in [0.3, 0.4) is 0 Å². The number of likely N-dealkylation sites (tertiary alicyclic amines) is 1. The van der Waals surface area contributed by atoms with Gasteiger partial charge in [0.15, 0.2) is 11.6 Å². The van der Waals surface area contributed by atoms with Gasteiger partial charge >= 0.3 is 0 Å². The summed E-state index contributed by atoms with van der Waals surface area (Å²) in [6.45, 7) is 1.27. The maximum atomic E-state index is 13.5. The first-order valence-corrected chi connectivity index (χ1v) is 7.84. The molecule has 1 amide bonds. The number of aliphatic hydroxyl groups is 1. The molecule has 1 fully saturated rings. The van der Waals surface area contributed by atoms with Gasteiger partial charge in [0.1, 0.15) is 18.8 Å². The van der Waals surface area contributed by atoms with Gasteiger partial charge in [0.05, 0.1) is 12.3 Å². The van der Waals surface area contributed by atoms with Gasteiger partial charge in [-0.2, -0.15) is 0 Å². The van der Waals surface area contributed by atoms with Gasteiger partial charge in [0.2, 0.25) is 5.91 Å². The molecule has 24 heavy (non-hydrogen) atoms. The van der Waals surface area contributed by atoms with E-state index in [0.717, 1.165) is 0 Å². The second-order valence-corrected chi connectivity index (χ2v) is 5.74. The SMILES string of the molecule is O=C(Cn1cc(COc2ccccc2F)nn1)N1CCC(O)CC1. The van der Waals surface area contributed by atoms with Crippen molar-refractivity contribution in [2.75, 3.05) is 13.1 Å². The molecule has 0 saturated carbocycles. The Hall–Kier alpha value is -2.48. The number of piperidine rings is 1. The summed E-state index contributed by atoms with van der Waals surface area (Å²) in [5.41, 5.74) is 0.514. The van der Waals surface area contributed by atoms with Crippen LogP contribution in [0.1, 0.15) is 18.5 Å². The van der Waals surface area contributed by atoms with Crippen molar-refractivity contribution in [1.82, 2.24) is 19.9 Å². The van der Waals surface area contributed by atoms with Gasteiger partial charge in [-0.15, -0.1) is 5.10 Å². The Morgan fingerprint density at radius 3 is 2.83 bits per heavy atom. The molecule has 0 bridgehead atoms. The molecular weight excluding hydrogens is 315 g/mol. The van der Waals surface area contributed by atoms with Gasteiger partial charge in [-0.25, -0.2) is 9.07 Å². The molecule has 1 aliphatic rings. The van der Waals surface area contributed by atoms with Crippen LogP contribution < -0.4 is 4.74 Å². The monoisotopic (exact) mass is 334 g/mol. The molecule has 0 aliphatic carbocycles. The second-order valence-electron chi connectivity index (χ2n) is 5.74. The van der Waals surface area contributed by atoms with Crippen molar-refractivity contribution in [3.63, 3.8) is 0 Å². The normalized spacial score (nSPS) is 15.5. The van der Waals surface area contributed by atoms with Crippen LogP contribution in [0.5, 0.6) is 5.75 Å². The molecule has 1 N–H and O–H groups in total. The van der Waals surface area contributed by atoms with Crippen molar-refractivity contribution >= 4 is 5.91 Å². The van der Waals surface area contributed by atoms with Gasteiger partial charge in [-0.3, -0.25) is 4.79 Å². The van der Waals surface area contributed by atoms with E-state index in [1.165, 1.54) is 16.8 Å². The average Bonchev–Trinajstić information content (AvgIpc) is 3.02. The molecule has 3 rings (SSSR count). The van der Waals surface area contributed by atoms with Gasteiger partial charge in [0, 0.05) is 13.1 Å². The van der Waals surface area contributed by atoms with Crippen molar-refractivity contribution in [3.8, 4) is 5.75 Å². The maximum Gasteiger partial charge on any atom is 0.244 e. The minimum absolute atomic E-state index is 0.0617. The van der Waals surface area contributed by atoms with Crippen molar-refractivity contribution in [2.45, 2.75) is 32.1 Å². The van der Waals surface area contributed by atoms with Crippen LogP contribution in [-0.2, 0) is 17.9 Å². The predicted octanol–water partition coefficient (Wildman–Crippen LogP) is 0.979. The van der Waals surface area contributed by atoms with Crippen LogP contribution >= 0.6 is 0 Å². The van der Waals surface area contributed by atoms with Crippen molar-refractivity contribution < 1.29 is 19.0 Å².